The van der Waals surface area contributed by atoms with Crippen molar-refractivity contribution in [3.8, 4) is 17.1 Å². The van der Waals surface area contributed by atoms with Crippen LogP contribution in [0.15, 0.2) is 53.7 Å². The molecular weight excluding hydrogens is 304 g/mol. The standard InChI is InChI=1S/C18H20N4S/c1-4-13-6-5-7-14(12-13)17-19-20-18(23)22(17)16-10-8-15(9-11-16)21(2)3/h5-12H,4H2,1-3H3,(H,20,23). The number of nitrogens with zero attached hydrogens (tertiary/aromatic N) is 4. The third kappa shape index (κ3) is 3.10. The van der Waals surface area contributed by atoms with Crippen LogP contribution in [0.5, 0.6) is 0 Å². The highest BCUT2D eigenvalue weighted by Gasteiger charge is 2.13. The predicted molar refractivity (Wildman–Crippen MR) is 97.8 cm³/mol. The zero-order valence-corrected chi connectivity index (χ0v) is 14.5. The first-order chi connectivity index (χ1) is 11.1. The van der Waals surface area contributed by atoms with Crippen LogP contribution in [0.2, 0.25) is 0 Å². The van der Waals surface area contributed by atoms with Crippen LogP contribution >= 0.6 is 12.6 Å². The highest BCUT2D eigenvalue weighted by atomic mass is 32.1. The van der Waals surface area contributed by atoms with Crippen LogP contribution in [0.4, 0.5) is 5.69 Å². The van der Waals surface area contributed by atoms with Crippen LogP contribution in [0.3, 0.4) is 0 Å². The van der Waals surface area contributed by atoms with E-state index in [2.05, 4.69) is 83.2 Å². The number of benzene rings is 2. The van der Waals surface area contributed by atoms with Crippen molar-refractivity contribution in [2.45, 2.75) is 18.5 Å². The first kappa shape index (κ1) is 15.6. The lowest BCUT2D eigenvalue weighted by atomic mass is 10.1. The van der Waals surface area contributed by atoms with Gasteiger partial charge in [-0.15, -0.1) is 22.8 Å². The molecule has 4 nitrogen and oxygen atoms in total. The number of aromatic nitrogens is 3. The second-order valence-electron chi connectivity index (χ2n) is 5.62. The topological polar surface area (TPSA) is 34.0 Å². The molecule has 0 radical (unpaired) electrons. The van der Waals surface area contributed by atoms with E-state index in [1.165, 1.54) is 5.56 Å². The van der Waals surface area contributed by atoms with Crippen molar-refractivity contribution < 1.29 is 0 Å². The molecule has 0 bridgehead atoms. The van der Waals surface area contributed by atoms with Gasteiger partial charge in [-0.25, -0.2) is 0 Å². The van der Waals surface area contributed by atoms with Crippen LogP contribution < -0.4 is 4.90 Å². The summed E-state index contributed by atoms with van der Waals surface area (Å²) < 4.78 is 1.97. The monoisotopic (exact) mass is 324 g/mol. The van der Waals surface area contributed by atoms with Crippen molar-refractivity contribution >= 4 is 18.3 Å². The minimum Gasteiger partial charge on any atom is -0.378 e. The minimum absolute atomic E-state index is 0.583. The molecule has 0 saturated carbocycles. The summed E-state index contributed by atoms with van der Waals surface area (Å²) in [6.45, 7) is 2.15. The molecule has 1 heterocycles. The number of anilines is 1. The zero-order chi connectivity index (χ0) is 16.4. The van der Waals surface area contributed by atoms with Crippen molar-refractivity contribution in [2.24, 2.45) is 0 Å². The Labute approximate surface area is 142 Å². The first-order valence-corrected chi connectivity index (χ1v) is 8.06. The number of hydrogen-bond acceptors (Lipinski definition) is 4. The average molecular weight is 324 g/mol. The van der Waals surface area contributed by atoms with Gasteiger partial charge in [0.05, 0.1) is 0 Å². The van der Waals surface area contributed by atoms with Crippen LogP contribution in [-0.2, 0) is 6.42 Å². The van der Waals surface area contributed by atoms with E-state index in [1.54, 1.807) is 0 Å². The Morgan fingerprint density at radius 2 is 1.78 bits per heavy atom. The van der Waals surface area contributed by atoms with Gasteiger partial charge in [0, 0.05) is 31.0 Å². The van der Waals surface area contributed by atoms with E-state index in [9.17, 15) is 0 Å². The summed E-state index contributed by atoms with van der Waals surface area (Å²) in [7, 11) is 4.05. The molecule has 2 aromatic carbocycles. The van der Waals surface area contributed by atoms with Gasteiger partial charge in [0.1, 0.15) is 0 Å². The molecule has 118 valence electrons. The normalized spacial score (nSPS) is 10.8. The van der Waals surface area contributed by atoms with Crippen LogP contribution in [-0.4, -0.2) is 28.9 Å². The van der Waals surface area contributed by atoms with E-state index in [4.69, 9.17) is 0 Å². The summed E-state index contributed by atoms with van der Waals surface area (Å²) >= 11 is 4.47. The Morgan fingerprint density at radius 3 is 2.43 bits per heavy atom. The Hall–Kier alpha value is -2.27. The van der Waals surface area contributed by atoms with E-state index in [1.807, 2.05) is 18.7 Å². The van der Waals surface area contributed by atoms with Crippen molar-refractivity contribution in [1.29, 1.82) is 0 Å². The van der Waals surface area contributed by atoms with Gasteiger partial charge in [-0.3, -0.25) is 4.57 Å². The molecule has 0 saturated heterocycles. The molecule has 0 unspecified atom stereocenters. The maximum absolute atomic E-state index is 4.47. The molecule has 0 amide bonds. The van der Waals surface area contributed by atoms with Crippen molar-refractivity contribution in [1.82, 2.24) is 14.8 Å². The highest BCUT2D eigenvalue weighted by molar-refractivity contribution is 7.80. The Balaban J connectivity index is 2.08. The van der Waals surface area contributed by atoms with Gasteiger partial charge in [-0.1, -0.05) is 25.1 Å². The van der Waals surface area contributed by atoms with Crippen molar-refractivity contribution in [3.05, 3.63) is 54.1 Å². The van der Waals surface area contributed by atoms with Crippen LogP contribution in [0.1, 0.15) is 12.5 Å². The summed E-state index contributed by atoms with van der Waals surface area (Å²) in [5, 5.41) is 9.05. The Kier molecular flexibility index (Phi) is 4.39. The molecule has 0 fully saturated rings. The predicted octanol–water partition coefficient (Wildman–Crippen LogP) is 3.85. The minimum atomic E-state index is 0.583. The number of rotatable bonds is 4. The zero-order valence-electron chi connectivity index (χ0n) is 13.6. The summed E-state index contributed by atoms with van der Waals surface area (Å²) in [4.78, 5) is 2.07. The Morgan fingerprint density at radius 1 is 1.04 bits per heavy atom. The molecule has 0 atom stereocenters. The maximum atomic E-state index is 4.47. The largest absolute Gasteiger partial charge is 0.378 e. The molecule has 23 heavy (non-hydrogen) atoms. The molecule has 5 heteroatoms. The van der Waals surface area contributed by atoms with Gasteiger partial charge in [-0.05, 0) is 42.3 Å². The molecule has 3 rings (SSSR count). The fourth-order valence-electron chi connectivity index (χ4n) is 2.53. The molecule has 0 N–H and O–H groups in total. The SMILES string of the molecule is CCc1cccc(-c2nnc(S)n2-c2ccc(N(C)C)cc2)c1. The summed E-state index contributed by atoms with van der Waals surface area (Å²) in [5.41, 5.74) is 4.48. The van der Waals surface area contributed by atoms with E-state index in [0.717, 1.165) is 29.2 Å². The fourth-order valence-corrected chi connectivity index (χ4v) is 2.79. The van der Waals surface area contributed by atoms with Gasteiger partial charge < -0.3 is 4.90 Å². The van der Waals surface area contributed by atoms with E-state index < -0.39 is 0 Å². The summed E-state index contributed by atoms with van der Waals surface area (Å²) in [6, 6.07) is 16.7. The lowest BCUT2D eigenvalue weighted by Crippen LogP contribution is -2.08. The lowest BCUT2D eigenvalue weighted by molar-refractivity contribution is 0.892. The van der Waals surface area contributed by atoms with Gasteiger partial charge in [0.25, 0.3) is 0 Å². The van der Waals surface area contributed by atoms with Gasteiger partial charge in [-0.2, -0.15) is 0 Å². The lowest BCUT2D eigenvalue weighted by Gasteiger charge is -2.14. The summed E-state index contributed by atoms with van der Waals surface area (Å²) in [6.07, 6.45) is 0.993. The third-order valence-corrected chi connectivity index (χ3v) is 4.15. The Bertz CT molecular complexity index is 806. The smallest absolute Gasteiger partial charge is 0.193 e. The number of thiol groups is 1. The maximum Gasteiger partial charge on any atom is 0.193 e. The molecule has 1 aromatic heterocycles. The molecule has 0 aliphatic carbocycles. The molecule has 0 aliphatic heterocycles. The third-order valence-electron chi connectivity index (χ3n) is 3.86. The van der Waals surface area contributed by atoms with E-state index >= 15 is 0 Å². The first-order valence-electron chi connectivity index (χ1n) is 7.61. The van der Waals surface area contributed by atoms with Gasteiger partial charge in [0.15, 0.2) is 11.0 Å². The quantitative estimate of drug-likeness (QED) is 0.740. The molecular formula is C18H20N4S. The molecule has 0 spiro atoms. The van der Waals surface area contributed by atoms with E-state index in [-0.39, 0.29) is 0 Å². The van der Waals surface area contributed by atoms with Gasteiger partial charge >= 0.3 is 0 Å². The van der Waals surface area contributed by atoms with Crippen LogP contribution in [0.25, 0.3) is 17.1 Å². The fraction of sp³-hybridized carbons (Fsp3) is 0.222. The van der Waals surface area contributed by atoms with Crippen LogP contribution in [0, 0.1) is 0 Å². The van der Waals surface area contributed by atoms with Crippen molar-refractivity contribution in [3.63, 3.8) is 0 Å². The highest BCUT2D eigenvalue weighted by Crippen LogP contribution is 2.26. The molecule has 3 aromatic rings. The molecule has 0 aliphatic rings. The summed E-state index contributed by atoms with van der Waals surface area (Å²) in [5.74, 6) is 0.808. The number of aryl methyl sites for hydroxylation is 1. The average Bonchev–Trinajstić information content (AvgIpc) is 2.96. The second kappa shape index (κ2) is 6.46. The van der Waals surface area contributed by atoms with Gasteiger partial charge in [0.2, 0.25) is 0 Å². The second-order valence-corrected chi connectivity index (χ2v) is 6.02. The van der Waals surface area contributed by atoms with Crippen molar-refractivity contribution in [2.75, 3.05) is 19.0 Å². The van der Waals surface area contributed by atoms with E-state index in [0.29, 0.717) is 5.16 Å². The number of hydrogen-bond donors (Lipinski definition) is 1.